The number of aryl methyl sites for hydroxylation is 1. The first-order chi connectivity index (χ1) is 12.9. The SMILES string of the molecule is CC1(C)OB(/C=C/c2ccc(CCCCN3CCOCC3)cc2)OC1(C)C. The first-order valence-electron chi connectivity index (χ1n) is 10.3. The Kier molecular flexibility index (Phi) is 6.80. The highest BCUT2D eigenvalue weighted by atomic mass is 16.7. The predicted molar refractivity (Wildman–Crippen MR) is 112 cm³/mol. The van der Waals surface area contributed by atoms with E-state index in [9.17, 15) is 0 Å². The molecule has 1 aromatic rings. The third-order valence-electron chi connectivity index (χ3n) is 5.99. The second-order valence-electron chi connectivity index (χ2n) is 8.64. The van der Waals surface area contributed by atoms with Crippen LogP contribution in [-0.4, -0.2) is 56.1 Å². The van der Waals surface area contributed by atoms with Crippen molar-refractivity contribution in [3.63, 3.8) is 0 Å². The van der Waals surface area contributed by atoms with Gasteiger partial charge in [0, 0.05) is 13.1 Å². The lowest BCUT2D eigenvalue weighted by atomic mass is 9.89. The normalized spacial score (nSPS) is 22.6. The van der Waals surface area contributed by atoms with Crippen molar-refractivity contribution in [2.24, 2.45) is 0 Å². The van der Waals surface area contributed by atoms with Crippen LogP contribution in [0.4, 0.5) is 0 Å². The second-order valence-corrected chi connectivity index (χ2v) is 8.64. The third kappa shape index (κ3) is 5.67. The number of ether oxygens (including phenoxy) is 1. The fourth-order valence-corrected chi connectivity index (χ4v) is 3.44. The molecule has 2 heterocycles. The third-order valence-corrected chi connectivity index (χ3v) is 5.99. The fraction of sp³-hybridized carbons (Fsp3) is 0.636. The maximum Gasteiger partial charge on any atom is 0.487 e. The zero-order valence-corrected chi connectivity index (χ0v) is 17.4. The van der Waals surface area contributed by atoms with Gasteiger partial charge in [0.25, 0.3) is 0 Å². The first-order valence-corrected chi connectivity index (χ1v) is 10.3. The molecule has 27 heavy (non-hydrogen) atoms. The topological polar surface area (TPSA) is 30.9 Å². The zero-order valence-electron chi connectivity index (χ0n) is 17.4. The van der Waals surface area contributed by atoms with Gasteiger partial charge in [0.05, 0.1) is 24.4 Å². The van der Waals surface area contributed by atoms with Crippen LogP contribution >= 0.6 is 0 Å². The lowest BCUT2D eigenvalue weighted by Crippen LogP contribution is -2.41. The van der Waals surface area contributed by atoms with Crippen molar-refractivity contribution in [3.05, 3.63) is 41.4 Å². The van der Waals surface area contributed by atoms with Crippen LogP contribution in [-0.2, 0) is 20.5 Å². The van der Waals surface area contributed by atoms with E-state index in [4.69, 9.17) is 14.0 Å². The summed E-state index contributed by atoms with van der Waals surface area (Å²) >= 11 is 0. The van der Waals surface area contributed by atoms with Gasteiger partial charge in [-0.05, 0) is 64.6 Å². The smallest absolute Gasteiger partial charge is 0.400 e. The number of hydrogen-bond donors (Lipinski definition) is 0. The van der Waals surface area contributed by atoms with Crippen LogP contribution in [0.15, 0.2) is 30.2 Å². The van der Waals surface area contributed by atoms with E-state index in [0.717, 1.165) is 32.7 Å². The molecule has 0 N–H and O–H groups in total. The largest absolute Gasteiger partial charge is 0.487 e. The molecule has 4 nitrogen and oxygen atoms in total. The van der Waals surface area contributed by atoms with Gasteiger partial charge in [-0.25, -0.2) is 0 Å². The van der Waals surface area contributed by atoms with Gasteiger partial charge in [0.2, 0.25) is 0 Å². The first kappa shape index (κ1) is 20.6. The summed E-state index contributed by atoms with van der Waals surface area (Å²) in [6.07, 6.45) is 5.72. The Hall–Kier alpha value is -1.14. The molecule has 3 rings (SSSR count). The van der Waals surface area contributed by atoms with E-state index in [1.165, 1.54) is 30.5 Å². The molecular weight excluding hydrogens is 337 g/mol. The lowest BCUT2D eigenvalue weighted by molar-refractivity contribution is 0.00578. The van der Waals surface area contributed by atoms with Gasteiger partial charge >= 0.3 is 7.12 Å². The Morgan fingerprint density at radius 3 is 2.22 bits per heavy atom. The van der Waals surface area contributed by atoms with Gasteiger partial charge in [0.1, 0.15) is 0 Å². The summed E-state index contributed by atoms with van der Waals surface area (Å²) in [6, 6.07) is 8.83. The van der Waals surface area contributed by atoms with Crippen molar-refractivity contribution in [3.8, 4) is 0 Å². The number of hydrogen-bond acceptors (Lipinski definition) is 4. The molecule has 5 heteroatoms. The van der Waals surface area contributed by atoms with Gasteiger partial charge in [-0.2, -0.15) is 0 Å². The van der Waals surface area contributed by atoms with E-state index < -0.39 is 0 Å². The maximum absolute atomic E-state index is 6.00. The van der Waals surface area contributed by atoms with Crippen LogP contribution < -0.4 is 0 Å². The lowest BCUT2D eigenvalue weighted by Gasteiger charge is -2.32. The molecule has 0 unspecified atom stereocenters. The molecule has 0 aliphatic carbocycles. The molecule has 2 aliphatic heterocycles. The van der Waals surface area contributed by atoms with Crippen molar-refractivity contribution < 1.29 is 14.0 Å². The monoisotopic (exact) mass is 371 g/mol. The molecular formula is C22H34BNO3. The molecule has 2 saturated heterocycles. The van der Waals surface area contributed by atoms with E-state index >= 15 is 0 Å². The highest BCUT2D eigenvalue weighted by molar-refractivity contribution is 6.52. The molecule has 2 fully saturated rings. The van der Waals surface area contributed by atoms with Gasteiger partial charge in [-0.1, -0.05) is 36.3 Å². The average molecular weight is 371 g/mol. The summed E-state index contributed by atoms with van der Waals surface area (Å²) in [4.78, 5) is 2.51. The number of nitrogens with zero attached hydrogens (tertiary/aromatic N) is 1. The maximum atomic E-state index is 6.00. The van der Waals surface area contributed by atoms with Crippen LogP contribution in [0.3, 0.4) is 0 Å². The zero-order chi connectivity index (χ0) is 19.3. The van der Waals surface area contributed by atoms with Gasteiger partial charge < -0.3 is 14.0 Å². The summed E-state index contributed by atoms with van der Waals surface area (Å²) < 4.78 is 17.4. The van der Waals surface area contributed by atoms with Crippen LogP contribution in [0.2, 0.25) is 0 Å². The molecule has 0 atom stereocenters. The molecule has 0 spiro atoms. The van der Waals surface area contributed by atoms with Gasteiger partial charge in [0.15, 0.2) is 0 Å². The van der Waals surface area contributed by atoms with Crippen molar-refractivity contribution in [2.45, 2.75) is 58.2 Å². The molecule has 0 saturated carbocycles. The van der Waals surface area contributed by atoms with Gasteiger partial charge in [-0.3, -0.25) is 4.90 Å². The average Bonchev–Trinajstić information content (AvgIpc) is 2.86. The molecule has 0 aromatic heterocycles. The van der Waals surface area contributed by atoms with E-state index in [1.54, 1.807) is 0 Å². The van der Waals surface area contributed by atoms with Crippen LogP contribution in [0, 0.1) is 0 Å². The van der Waals surface area contributed by atoms with Crippen LogP contribution in [0.25, 0.3) is 6.08 Å². The van der Waals surface area contributed by atoms with Crippen LogP contribution in [0.5, 0.6) is 0 Å². The Morgan fingerprint density at radius 2 is 1.59 bits per heavy atom. The summed E-state index contributed by atoms with van der Waals surface area (Å²) in [5.41, 5.74) is 2.02. The highest BCUT2D eigenvalue weighted by Gasteiger charge is 2.49. The van der Waals surface area contributed by atoms with Crippen molar-refractivity contribution >= 4 is 13.2 Å². The van der Waals surface area contributed by atoms with E-state index in [0.29, 0.717) is 0 Å². The van der Waals surface area contributed by atoms with E-state index in [-0.39, 0.29) is 18.3 Å². The summed E-state index contributed by atoms with van der Waals surface area (Å²) in [5, 5.41) is 0. The Morgan fingerprint density at radius 1 is 0.963 bits per heavy atom. The number of unbranched alkanes of at least 4 members (excludes halogenated alkanes) is 1. The van der Waals surface area contributed by atoms with Crippen molar-refractivity contribution in [1.82, 2.24) is 4.90 Å². The number of benzene rings is 1. The predicted octanol–water partition coefficient (Wildman–Crippen LogP) is 3.99. The highest BCUT2D eigenvalue weighted by Crippen LogP contribution is 2.37. The van der Waals surface area contributed by atoms with Crippen molar-refractivity contribution in [2.75, 3.05) is 32.8 Å². The summed E-state index contributed by atoms with van der Waals surface area (Å²) in [5.74, 6) is 2.01. The second kappa shape index (κ2) is 8.91. The van der Waals surface area contributed by atoms with E-state index in [2.05, 4.69) is 62.9 Å². The number of morpholine rings is 1. The van der Waals surface area contributed by atoms with E-state index in [1.807, 2.05) is 5.98 Å². The molecule has 0 radical (unpaired) electrons. The Bertz CT molecular complexity index is 605. The summed E-state index contributed by atoms with van der Waals surface area (Å²) in [7, 11) is -0.283. The standard InChI is InChI=1S/C22H34BNO3/c1-21(2)22(3,4)27-23(26-21)13-12-20-10-8-19(9-11-20)7-5-6-14-24-15-17-25-18-16-24/h8-13H,5-7,14-18H2,1-4H3/b13-12+. The van der Waals surface area contributed by atoms with Crippen molar-refractivity contribution in [1.29, 1.82) is 0 Å². The van der Waals surface area contributed by atoms with Crippen LogP contribution in [0.1, 0.15) is 51.7 Å². The molecule has 148 valence electrons. The molecule has 1 aromatic carbocycles. The minimum Gasteiger partial charge on any atom is -0.400 e. The number of rotatable bonds is 7. The molecule has 2 aliphatic rings. The molecule has 0 amide bonds. The Balaban J connectivity index is 1.41. The van der Waals surface area contributed by atoms with Gasteiger partial charge in [-0.15, -0.1) is 0 Å². The quantitative estimate of drug-likeness (QED) is 0.536. The Labute approximate surface area is 165 Å². The molecule has 0 bridgehead atoms. The fourth-order valence-electron chi connectivity index (χ4n) is 3.44. The summed E-state index contributed by atoms with van der Waals surface area (Å²) in [6.45, 7) is 13.5. The minimum atomic E-state index is -0.285. The minimum absolute atomic E-state index is 0.283.